The third kappa shape index (κ3) is 8.42. The lowest BCUT2D eigenvalue weighted by Crippen LogP contribution is -2.26. The van der Waals surface area contributed by atoms with E-state index in [2.05, 4.69) is 14.2 Å². The molecule has 0 aromatic heterocycles. The van der Waals surface area contributed by atoms with Crippen LogP contribution in [0.15, 0.2) is 12.1 Å². The number of hydrogen-bond acceptors (Lipinski definition) is 5. The third-order valence-electron chi connectivity index (χ3n) is 3.53. The topological polar surface area (TPSA) is 91.0 Å². The van der Waals surface area contributed by atoms with Crippen molar-refractivity contribution in [1.82, 2.24) is 0 Å². The van der Waals surface area contributed by atoms with Gasteiger partial charge in [-0.15, -0.1) is 39.5 Å². The molecule has 2 unspecified atom stereocenters. The molecule has 0 amide bonds. The van der Waals surface area contributed by atoms with Gasteiger partial charge in [-0.2, -0.15) is 0 Å². The summed E-state index contributed by atoms with van der Waals surface area (Å²) in [5, 5.41) is 9.00. The van der Waals surface area contributed by atoms with E-state index in [-0.39, 0.29) is 12.1 Å². The SMILES string of the molecule is CC(CC(CN)C(=O)O)c1c(OC(F)(F)F)cc(OC(F)(F)F)cc1OC(F)(F)F. The second-order valence-corrected chi connectivity index (χ2v) is 5.88. The summed E-state index contributed by atoms with van der Waals surface area (Å²) in [7, 11) is 0. The van der Waals surface area contributed by atoms with Crippen molar-refractivity contribution in [1.29, 1.82) is 0 Å². The molecule has 0 aliphatic carbocycles. The van der Waals surface area contributed by atoms with Gasteiger partial charge in [0.1, 0.15) is 17.2 Å². The number of benzene rings is 1. The highest BCUT2D eigenvalue weighted by Crippen LogP contribution is 2.45. The van der Waals surface area contributed by atoms with E-state index < -0.39 is 72.7 Å². The van der Waals surface area contributed by atoms with Gasteiger partial charge in [0.05, 0.1) is 5.92 Å². The number of halogens is 9. The molecule has 2 atom stereocenters. The molecule has 0 aliphatic heterocycles. The fraction of sp³-hybridized carbons (Fsp3) is 0.533. The Labute approximate surface area is 162 Å². The summed E-state index contributed by atoms with van der Waals surface area (Å²) in [5.74, 6) is -8.76. The predicted molar refractivity (Wildman–Crippen MR) is 79.7 cm³/mol. The lowest BCUT2D eigenvalue weighted by Gasteiger charge is -2.24. The Kier molecular flexibility index (Phi) is 7.68. The molecule has 172 valence electrons. The Morgan fingerprint density at radius 3 is 1.63 bits per heavy atom. The number of aliphatic carboxylic acids is 1. The van der Waals surface area contributed by atoms with Gasteiger partial charge in [0, 0.05) is 24.2 Å². The van der Waals surface area contributed by atoms with E-state index in [1.807, 2.05) is 0 Å². The molecule has 0 radical (unpaired) electrons. The Bertz CT molecular complexity index is 708. The van der Waals surface area contributed by atoms with Gasteiger partial charge in [-0.1, -0.05) is 6.92 Å². The number of ether oxygens (including phenoxy) is 3. The number of nitrogens with two attached hydrogens (primary N) is 1. The maximum absolute atomic E-state index is 12.7. The summed E-state index contributed by atoms with van der Waals surface area (Å²) in [6.45, 7) is 0.511. The van der Waals surface area contributed by atoms with Crippen molar-refractivity contribution in [3.05, 3.63) is 17.7 Å². The van der Waals surface area contributed by atoms with Gasteiger partial charge in [0.15, 0.2) is 0 Å². The van der Waals surface area contributed by atoms with Crippen LogP contribution in [0.1, 0.15) is 24.8 Å². The summed E-state index contributed by atoms with van der Waals surface area (Å²) in [4.78, 5) is 11.1. The van der Waals surface area contributed by atoms with Crippen molar-refractivity contribution in [2.75, 3.05) is 6.54 Å². The summed E-state index contributed by atoms with van der Waals surface area (Å²) in [6, 6.07) is 0.128. The van der Waals surface area contributed by atoms with Crippen LogP contribution < -0.4 is 19.9 Å². The smallest absolute Gasteiger partial charge is 0.481 e. The number of rotatable bonds is 8. The molecular weight excluding hydrogens is 445 g/mol. The van der Waals surface area contributed by atoms with Crippen LogP contribution in [0, 0.1) is 5.92 Å². The largest absolute Gasteiger partial charge is 0.573 e. The van der Waals surface area contributed by atoms with E-state index in [4.69, 9.17) is 10.8 Å². The Morgan fingerprint density at radius 1 is 0.933 bits per heavy atom. The fourth-order valence-electron chi connectivity index (χ4n) is 2.52. The van der Waals surface area contributed by atoms with Crippen LogP contribution in [0.4, 0.5) is 39.5 Å². The van der Waals surface area contributed by atoms with E-state index in [1.54, 1.807) is 0 Å². The minimum Gasteiger partial charge on any atom is -0.481 e. The minimum atomic E-state index is -5.51. The lowest BCUT2D eigenvalue weighted by molar-refractivity contribution is -0.278. The molecule has 0 aliphatic rings. The second kappa shape index (κ2) is 9.06. The lowest BCUT2D eigenvalue weighted by atomic mass is 9.89. The quantitative estimate of drug-likeness (QED) is 0.555. The van der Waals surface area contributed by atoms with Crippen molar-refractivity contribution in [3.8, 4) is 17.2 Å². The minimum absolute atomic E-state index is 0.0638. The van der Waals surface area contributed by atoms with Gasteiger partial charge in [-0.3, -0.25) is 4.79 Å². The molecule has 0 fully saturated rings. The summed E-state index contributed by atoms with van der Waals surface area (Å²) in [6.07, 6.45) is -17.1. The van der Waals surface area contributed by atoms with Crippen molar-refractivity contribution >= 4 is 5.97 Å². The maximum atomic E-state index is 12.7. The van der Waals surface area contributed by atoms with Crippen molar-refractivity contribution in [2.24, 2.45) is 11.7 Å². The molecule has 3 N–H and O–H groups in total. The van der Waals surface area contributed by atoms with E-state index in [9.17, 15) is 44.3 Å². The molecule has 1 aromatic carbocycles. The van der Waals surface area contributed by atoms with Gasteiger partial charge < -0.3 is 25.1 Å². The molecule has 0 spiro atoms. The maximum Gasteiger partial charge on any atom is 0.573 e. The zero-order chi connectivity index (χ0) is 23.5. The molecule has 0 heterocycles. The van der Waals surface area contributed by atoms with Crippen LogP contribution in [-0.2, 0) is 4.79 Å². The van der Waals surface area contributed by atoms with Crippen LogP contribution >= 0.6 is 0 Å². The highest BCUT2D eigenvalue weighted by atomic mass is 19.4. The summed E-state index contributed by atoms with van der Waals surface area (Å²) in [5.41, 5.74) is 4.25. The van der Waals surface area contributed by atoms with Crippen LogP contribution in [0.25, 0.3) is 0 Å². The first-order chi connectivity index (χ1) is 13.4. The van der Waals surface area contributed by atoms with Gasteiger partial charge in [0.2, 0.25) is 0 Å². The zero-order valence-corrected chi connectivity index (χ0v) is 14.8. The average molecular weight is 459 g/mol. The first-order valence-electron chi connectivity index (χ1n) is 7.80. The van der Waals surface area contributed by atoms with Crippen LogP contribution in [-0.4, -0.2) is 36.7 Å². The number of carbonyl (C=O) groups is 1. The van der Waals surface area contributed by atoms with Crippen molar-refractivity contribution in [3.63, 3.8) is 0 Å². The third-order valence-corrected chi connectivity index (χ3v) is 3.53. The molecule has 1 aromatic rings. The second-order valence-electron chi connectivity index (χ2n) is 5.88. The monoisotopic (exact) mass is 459 g/mol. The highest BCUT2D eigenvalue weighted by Gasteiger charge is 2.39. The zero-order valence-electron chi connectivity index (χ0n) is 14.8. The molecular formula is C15H14F9NO5. The van der Waals surface area contributed by atoms with Crippen molar-refractivity contribution in [2.45, 2.75) is 38.3 Å². The first-order valence-corrected chi connectivity index (χ1v) is 7.80. The number of alkyl halides is 9. The van der Waals surface area contributed by atoms with Crippen LogP contribution in [0.2, 0.25) is 0 Å². The van der Waals surface area contributed by atoms with Crippen LogP contribution in [0.3, 0.4) is 0 Å². The van der Waals surface area contributed by atoms with E-state index >= 15 is 0 Å². The van der Waals surface area contributed by atoms with Crippen molar-refractivity contribution < 1.29 is 63.6 Å². The van der Waals surface area contributed by atoms with Gasteiger partial charge in [-0.25, -0.2) is 0 Å². The standard InChI is InChI=1S/C15H14F9NO5/c1-6(2-7(5-25)12(26)27)11-9(29-14(19,20)21)3-8(28-13(16,17)18)4-10(11)30-15(22,23)24/h3-4,6-7H,2,5,25H2,1H3,(H,26,27). The number of carboxylic acids is 1. The molecule has 0 bridgehead atoms. The molecule has 1 rings (SSSR count). The molecule has 15 heteroatoms. The fourth-order valence-corrected chi connectivity index (χ4v) is 2.52. The Balaban J connectivity index is 3.63. The first kappa shape index (κ1) is 25.5. The molecule has 0 saturated carbocycles. The summed E-state index contributed by atoms with van der Waals surface area (Å²) < 4.78 is 124. The Hall–Kier alpha value is -2.58. The number of carboxylic acid groups (broad SMARTS) is 1. The van der Waals surface area contributed by atoms with Crippen LogP contribution in [0.5, 0.6) is 17.2 Å². The van der Waals surface area contributed by atoms with Gasteiger partial charge in [0.25, 0.3) is 0 Å². The van der Waals surface area contributed by atoms with E-state index in [1.165, 1.54) is 0 Å². The normalized spacial score (nSPS) is 14.8. The predicted octanol–water partition coefficient (Wildman–Crippen LogP) is 4.54. The van der Waals surface area contributed by atoms with E-state index in [0.29, 0.717) is 0 Å². The molecule has 0 saturated heterocycles. The van der Waals surface area contributed by atoms with Gasteiger partial charge >= 0.3 is 25.1 Å². The molecule has 30 heavy (non-hydrogen) atoms. The highest BCUT2D eigenvalue weighted by molar-refractivity contribution is 5.70. The number of hydrogen-bond donors (Lipinski definition) is 2. The van der Waals surface area contributed by atoms with E-state index in [0.717, 1.165) is 6.92 Å². The van der Waals surface area contributed by atoms with Gasteiger partial charge in [-0.05, 0) is 12.3 Å². The molecule has 6 nitrogen and oxygen atoms in total. The average Bonchev–Trinajstić information content (AvgIpc) is 2.46. The summed E-state index contributed by atoms with van der Waals surface area (Å²) >= 11 is 0. The Morgan fingerprint density at radius 2 is 1.33 bits per heavy atom.